The Labute approximate surface area is 180 Å². The van der Waals surface area contributed by atoms with Crippen LogP contribution in [0.25, 0.3) is 0 Å². The van der Waals surface area contributed by atoms with E-state index in [-0.39, 0.29) is 12.0 Å². The molecule has 0 aromatic heterocycles. The highest BCUT2D eigenvalue weighted by Gasteiger charge is 2.24. The van der Waals surface area contributed by atoms with Gasteiger partial charge in [-0.25, -0.2) is 0 Å². The lowest BCUT2D eigenvalue weighted by Gasteiger charge is -2.23. The Morgan fingerprint density at radius 1 is 1.23 bits per heavy atom. The van der Waals surface area contributed by atoms with E-state index in [1.807, 2.05) is 18.2 Å². The van der Waals surface area contributed by atoms with Crippen LogP contribution >= 0.6 is 0 Å². The van der Waals surface area contributed by atoms with Crippen molar-refractivity contribution in [3.8, 4) is 11.5 Å². The highest BCUT2D eigenvalue weighted by atomic mass is 16.5. The predicted molar refractivity (Wildman–Crippen MR) is 117 cm³/mol. The quantitative estimate of drug-likeness (QED) is 0.627. The summed E-state index contributed by atoms with van der Waals surface area (Å²) in [5.41, 5.74) is 1.12. The van der Waals surface area contributed by atoms with Crippen LogP contribution in [0.5, 0.6) is 11.5 Å². The summed E-state index contributed by atoms with van der Waals surface area (Å²) in [6, 6.07) is 5.97. The first-order valence-corrected chi connectivity index (χ1v) is 11.1. The Morgan fingerprint density at radius 2 is 2.10 bits per heavy atom. The minimum absolute atomic E-state index is 0.134. The fraction of sp³-hybridized carbons (Fsp3) is 0.696. The van der Waals surface area contributed by atoms with Crippen molar-refractivity contribution in [2.75, 3.05) is 60.1 Å². The molecular weight excluding hydrogens is 382 g/mol. The summed E-state index contributed by atoms with van der Waals surface area (Å²) in [4.78, 5) is 17.2. The molecule has 2 aliphatic rings. The summed E-state index contributed by atoms with van der Waals surface area (Å²) >= 11 is 0. The average molecular weight is 420 g/mol. The molecule has 1 saturated heterocycles. The van der Waals surface area contributed by atoms with E-state index in [0.717, 1.165) is 82.3 Å². The summed E-state index contributed by atoms with van der Waals surface area (Å²) in [6.07, 6.45) is 2.73. The van der Waals surface area contributed by atoms with E-state index in [4.69, 9.17) is 14.2 Å². The number of ether oxygens (including phenoxy) is 3. The van der Waals surface area contributed by atoms with Gasteiger partial charge in [-0.2, -0.15) is 0 Å². The topological polar surface area (TPSA) is 63.3 Å². The van der Waals surface area contributed by atoms with Crippen LogP contribution in [-0.2, 0) is 16.1 Å². The van der Waals surface area contributed by atoms with Crippen molar-refractivity contribution in [1.82, 2.24) is 15.1 Å². The van der Waals surface area contributed by atoms with Gasteiger partial charge in [0.2, 0.25) is 5.91 Å². The number of likely N-dealkylation sites (tertiary alicyclic amines) is 1. The number of carbonyl (C=O) groups excluding carboxylic acids is 1. The van der Waals surface area contributed by atoms with Crippen LogP contribution in [0.4, 0.5) is 0 Å². The minimum Gasteiger partial charge on any atom is -0.497 e. The van der Waals surface area contributed by atoms with Crippen molar-refractivity contribution in [2.24, 2.45) is 5.92 Å². The second kappa shape index (κ2) is 11.5. The van der Waals surface area contributed by atoms with E-state index in [1.165, 1.54) is 0 Å². The first kappa shape index (κ1) is 22.8. The van der Waals surface area contributed by atoms with Gasteiger partial charge < -0.3 is 24.4 Å². The first-order valence-electron chi connectivity index (χ1n) is 11.1. The Morgan fingerprint density at radius 3 is 2.87 bits per heavy atom. The molecule has 2 unspecified atom stereocenters. The lowest BCUT2D eigenvalue weighted by molar-refractivity contribution is -0.121. The zero-order chi connectivity index (χ0) is 21.3. The molecule has 0 spiro atoms. The van der Waals surface area contributed by atoms with Gasteiger partial charge in [-0.1, -0.05) is 6.92 Å². The molecular formula is C23H37N3O4. The van der Waals surface area contributed by atoms with Crippen LogP contribution in [-0.4, -0.2) is 81.9 Å². The first-order chi connectivity index (χ1) is 14.6. The fourth-order valence-electron chi connectivity index (χ4n) is 4.22. The highest BCUT2D eigenvalue weighted by Crippen LogP contribution is 2.29. The van der Waals surface area contributed by atoms with Gasteiger partial charge in [0, 0.05) is 58.4 Å². The van der Waals surface area contributed by atoms with Crippen LogP contribution in [0.3, 0.4) is 0 Å². The molecule has 2 heterocycles. The van der Waals surface area contributed by atoms with E-state index >= 15 is 0 Å². The molecule has 0 radical (unpaired) electrons. The number of carbonyl (C=O) groups is 1. The van der Waals surface area contributed by atoms with Gasteiger partial charge in [0.25, 0.3) is 0 Å². The molecule has 7 heteroatoms. The van der Waals surface area contributed by atoms with Crippen LogP contribution in [0.1, 0.15) is 31.7 Å². The number of hydrogen-bond acceptors (Lipinski definition) is 6. The minimum atomic E-state index is 0.134. The van der Waals surface area contributed by atoms with Crippen molar-refractivity contribution >= 4 is 5.91 Å². The molecule has 2 aliphatic heterocycles. The summed E-state index contributed by atoms with van der Waals surface area (Å²) in [5, 5.41) is 3.14. The van der Waals surface area contributed by atoms with Gasteiger partial charge in [-0.3, -0.25) is 9.69 Å². The number of rotatable bonds is 10. The van der Waals surface area contributed by atoms with Crippen molar-refractivity contribution < 1.29 is 19.0 Å². The lowest BCUT2D eigenvalue weighted by Crippen LogP contribution is -2.37. The molecule has 0 bridgehead atoms. The predicted octanol–water partition coefficient (Wildman–Crippen LogP) is 2.14. The summed E-state index contributed by atoms with van der Waals surface area (Å²) in [7, 11) is 3.42. The van der Waals surface area contributed by atoms with Gasteiger partial charge >= 0.3 is 0 Å². The van der Waals surface area contributed by atoms with Crippen LogP contribution < -0.4 is 14.8 Å². The van der Waals surface area contributed by atoms with Gasteiger partial charge in [-0.05, 0) is 43.5 Å². The monoisotopic (exact) mass is 419 g/mol. The standard InChI is InChI=1S/C23H37N3O4/c1-4-20-17-26(16-19-13-21(29-3)5-6-22(19)30-20)10-8-23(27)24-14-18-7-9-25(15-18)11-12-28-2/h5-6,13,18,20H,4,7-12,14-17H2,1-3H3,(H,24,27). The maximum atomic E-state index is 12.5. The number of fused-ring (bicyclic) bond motifs is 1. The van der Waals surface area contributed by atoms with E-state index in [1.54, 1.807) is 14.2 Å². The molecule has 1 N–H and O–H groups in total. The van der Waals surface area contributed by atoms with E-state index in [0.29, 0.717) is 12.3 Å². The van der Waals surface area contributed by atoms with Gasteiger partial charge in [0.1, 0.15) is 17.6 Å². The Balaban J connectivity index is 1.45. The summed E-state index contributed by atoms with van der Waals surface area (Å²) in [5.74, 6) is 2.44. The van der Waals surface area contributed by atoms with Crippen molar-refractivity contribution in [3.63, 3.8) is 0 Å². The Hall–Kier alpha value is -1.83. The molecule has 2 atom stereocenters. The number of nitrogens with one attached hydrogen (secondary N) is 1. The van der Waals surface area contributed by atoms with E-state index in [2.05, 4.69) is 22.0 Å². The van der Waals surface area contributed by atoms with Crippen LogP contribution in [0, 0.1) is 5.92 Å². The summed E-state index contributed by atoms with van der Waals surface area (Å²) < 4.78 is 16.7. The van der Waals surface area contributed by atoms with Crippen LogP contribution in [0.2, 0.25) is 0 Å². The lowest BCUT2D eigenvalue weighted by atomic mass is 10.1. The molecule has 168 valence electrons. The Bertz CT molecular complexity index is 684. The number of methoxy groups -OCH3 is 2. The van der Waals surface area contributed by atoms with E-state index < -0.39 is 0 Å². The molecule has 1 aromatic rings. The highest BCUT2D eigenvalue weighted by molar-refractivity contribution is 5.76. The molecule has 30 heavy (non-hydrogen) atoms. The van der Waals surface area contributed by atoms with Crippen molar-refractivity contribution in [2.45, 2.75) is 38.8 Å². The number of hydrogen-bond donors (Lipinski definition) is 1. The molecule has 0 saturated carbocycles. The second-order valence-corrected chi connectivity index (χ2v) is 8.36. The average Bonchev–Trinajstić information content (AvgIpc) is 3.14. The zero-order valence-electron chi connectivity index (χ0n) is 18.7. The SMILES string of the molecule is CCC1CN(CCC(=O)NCC2CCN(CCOC)C2)Cc2cc(OC)ccc2O1. The smallest absolute Gasteiger partial charge is 0.221 e. The third-order valence-corrected chi connectivity index (χ3v) is 6.10. The van der Waals surface area contributed by atoms with Gasteiger partial charge in [-0.15, -0.1) is 0 Å². The number of nitrogens with zero attached hydrogens (tertiary/aromatic N) is 2. The summed E-state index contributed by atoms with van der Waals surface area (Å²) in [6.45, 7) is 9.13. The second-order valence-electron chi connectivity index (χ2n) is 8.36. The molecule has 1 amide bonds. The van der Waals surface area contributed by atoms with E-state index in [9.17, 15) is 4.79 Å². The maximum Gasteiger partial charge on any atom is 0.221 e. The zero-order valence-corrected chi connectivity index (χ0v) is 18.7. The van der Waals surface area contributed by atoms with Gasteiger partial charge in [0.15, 0.2) is 0 Å². The fourth-order valence-corrected chi connectivity index (χ4v) is 4.22. The Kier molecular flexibility index (Phi) is 8.78. The third-order valence-electron chi connectivity index (χ3n) is 6.10. The molecule has 3 rings (SSSR count). The molecule has 1 fully saturated rings. The number of benzene rings is 1. The van der Waals surface area contributed by atoms with Gasteiger partial charge in [0.05, 0.1) is 13.7 Å². The molecule has 7 nitrogen and oxygen atoms in total. The van der Waals surface area contributed by atoms with Crippen molar-refractivity contribution in [3.05, 3.63) is 23.8 Å². The maximum absolute atomic E-state index is 12.5. The molecule has 1 aromatic carbocycles. The normalized spacial score (nSPS) is 22.2. The third kappa shape index (κ3) is 6.59. The van der Waals surface area contributed by atoms with Crippen molar-refractivity contribution in [1.29, 1.82) is 0 Å². The van der Waals surface area contributed by atoms with Crippen LogP contribution in [0.15, 0.2) is 18.2 Å². The molecule has 0 aliphatic carbocycles. The number of amides is 1. The largest absolute Gasteiger partial charge is 0.497 e.